The van der Waals surface area contributed by atoms with Gasteiger partial charge in [0.05, 0.1) is 18.8 Å². The topological polar surface area (TPSA) is 61.9 Å². The molecule has 1 fully saturated rings. The van der Waals surface area contributed by atoms with E-state index in [0.717, 1.165) is 18.8 Å². The first-order chi connectivity index (χ1) is 15.4. The Hall–Kier alpha value is -3.03. The minimum absolute atomic E-state index is 0.223. The lowest BCUT2D eigenvalue weighted by Gasteiger charge is -2.28. The van der Waals surface area contributed by atoms with Crippen LogP contribution in [0.5, 0.6) is 0 Å². The van der Waals surface area contributed by atoms with Crippen LogP contribution in [0.25, 0.3) is 5.57 Å². The lowest BCUT2D eigenvalue weighted by Crippen LogP contribution is -2.43. The van der Waals surface area contributed by atoms with Crippen molar-refractivity contribution in [3.05, 3.63) is 71.2 Å². The van der Waals surface area contributed by atoms with Gasteiger partial charge in [-0.15, -0.1) is 0 Å². The molecule has 1 saturated heterocycles. The molecule has 32 heavy (non-hydrogen) atoms. The number of benzene rings is 2. The molecule has 2 aliphatic heterocycles. The van der Waals surface area contributed by atoms with Crippen LogP contribution in [0.4, 0.5) is 10.1 Å². The SMILES string of the molecule is CC(C)c1ccc(NC2=C(c3ccc(F)cc3)C(=O)N(CCN3CCOCC3)C2=O)cc1. The molecule has 0 atom stereocenters. The van der Waals surface area contributed by atoms with Crippen LogP contribution in [0.1, 0.15) is 30.9 Å². The summed E-state index contributed by atoms with van der Waals surface area (Å²) in [6.45, 7) is 7.98. The van der Waals surface area contributed by atoms with Gasteiger partial charge < -0.3 is 10.1 Å². The number of hydrogen-bond acceptors (Lipinski definition) is 5. The lowest BCUT2D eigenvalue weighted by atomic mass is 10.0. The number of morpholine rings is 1. The molecule has 0 radical (unpaired) electrons. The maximum absolute atomic E-state index is 13.5. The molecular weight excluding hydrogens is 409 g/mol. The van der Waals surface area contributed by atoms with Gasteiger partial charge in [0.15, 0.2) is 0 Å². The second kappa shape index (κ2) is 9.63. The van der Waals surface area contributed by atoms with Gasteiger partial charge in [0.25, 0.3) is 11.8 Å². The van der Waals surface area contributed by atoms with Gasteiger partial charge in [0.1, 0.15) is 11.5 Å². The fraction of sp³-hybridized carbons (Fsp3) is 0.360. The molecule has 6 nitrogen and oxygen atoms in total. The minimum atomic E-state index is -0.394. The summed E-state index contributed by atoms with van der Waals surface area (Å²) < 4.78 is 18.9. The normalized spacial score (nSPS) is 17.6. The van der Waals surface area contributed by atoms with Crippen LogP contribution in [0, 0.1) is 5.82 Å². The van der Waals surface area contributed by atoms with Crippen molar-refractivity contribution in [3.63, 3.8) is 0 Å². The molecule has 4 rings (SSSR count). The van der Waals surface area contributed by atoms with E-state index in [-0.39, 0.29) is 23.1 Å². The van der Waals surface area contributed by atoms with E-state index in [2.05, 4.69) is 24.1 Å². The number of anilines is 1. The summed E-state index contributed by atoms with van der Waals surface area (Å²) in [4.78, 5) is 30.0. The number of rotatable bonds is 7. The number of ether oxygens (including phenoxy) is 1. The van der Waals surface area contributed by atoms with Crippen molar-refractivity contribution < 1.29 is 18.7 Å². The molecule has 168 valence electrons. The molecule has 2 aliphatic rings. The number of hydrogen-bond donors (Lipinski definition) is 1. The Labute approximate surface area is 187 Å². The van der Waals surface area contributed by atoms with Crippen LogP contribution in [0.2, 0.25) is 0 Å². The first-order valence-corrected chi connectivity index (χ1v) is 11.0. The van der Waals surface area contributed by atoms with Crippen LogP contribution in [-0.4, -0.2) is 61.0 Å². The van der Waals surface area contributed by atoms with Crippen LogP contribution in [0.15, 0.2) is 54.2 Å². The quantitative estimate of drug-likeness (QED) is 0.672. The minimum Gasteiger partial charge on any atom is -0.379 e. The predicted octanol–water partition coefficient (Wildman–Crippen LogP) is 3.47. The molecule has 7 heteroatoms. The average Bonchev–Trinajstić information content (AvgIpc) is 3.03. The highest BCUT2D eigenvalue weighted by atomic mass is 19.1. The number of carbonyl (C=O) groups is 2. The van der Waals surface area contributed by atoms with Gasteiger partial charge in [-0.25, -0.2) is 4.39 Å². The Kier molecular flexibility index (Phi) is 6.67. The number of imide groups is 1. The Balaban J connectivity index is 1.60. The Morgan fingerprint density at radius 2 is 1.59 bits per heavy atom. The largest absolute Gasteiger partial charge is 0.379 e. The zero-order valence-corrected chi connectivity index (χ0v) is 18.4. The van der Waals surface area contributed by atoms with Crippen molar-refractivity contribution in [1.82, 2.24) is 9.80 Å². The summed E-state index contributed by atoms with van der Waals surface area (Å²) in [5.74, 6) is -0.732. The number of halogens is 1. The van der Waals surface area contributed by atoms with E-state index >= 15 is 0 Å². The first-order valence-electron chi connectivity index (χ1n) is 11.0. The highest BCUT2D eigenvalue weighted by molar-refractivity contribution is 6.36. The van der Waals surface area contributed by atoms with E-state index in [1.807, 2.05) is 24.3 Å². The number of carbonyl (C=O) groups excluding carboxylic acids is 2. The van der Waals surface area contributed by atoms with E-state index in [9.17, 15) is 14.0 Å². The summed E-state index contributed by atoms with van der Waals surface area (Å²) in [5, 5.41) is 3.16. The van der Waals surface area contributed by atoms with Gasteiger partial charge in [-0.2, -0.15) is 0 Å². The molecule has 0 spiro atoms. The van der Waals surface area contributed by atoms with E-state index in [1.165, 1.54) is 34.7 Å². The van der Waals surface area contributed by atoms with Crippen LogP contribution >= 0.6 is 0 Å². The van der Waals surface area contributed by atoms with Crippen LogP contribution < -0.4 is 5.32 Å². The van der Waals surface area contributed by atoms with Crippen molar-refractivity contribution in [3.8, 4) is 0 Å². The highest BCUT2D eigenvalue weighted by Gasteiger charge is 2.39. The van der Waals surface area contributed by atoms with E-state index in [1.54, 1.807) is 0 Å². The van der Waals surface area contributed by atoms with E-state index in [4.69, 9.17) is 4.74 Å². The molecule has 0 bridgehead atoms. The molecule has 2 aromatic carbocycles. The molecule has 1 N–H and O–H groups in total. The van der Waals surface area contributed by atoms with Gasteiger partial charge in [-0.1, -0.05) is 38.1 Å². The van der Waals surface area contributed by atoms with Gasteiger partial charge in [-0.05, 0) is 41.3 Å². The third-order valence-electron chi connectivity index (χ3n) is 5.89. The van der Waals surface area contributed by atoms with E-state index < -0.39 is 5.82 Å². The summed E-state index contributed by atoms with van der Waals surface area (Å²) in [7, 11) is 0. The number of nitrogens with zero attached hydrogens (tertiary/aromatic N) is 2. The maximum Gasteiger partial charge on any atom is 0.278 e. The Bertz CT molecular complexity index is 1010. The maximum atomic E-state index is 13.5. The molecule has 2 aromatic rings. The average molecular weight is 438 g/mol. The molecule has 0 unspecified atom stereocenters. The Morgan fingerprint density at radius 1 is 0.938 bits per heavy atom. The first kappa shape index (κ1) is 22.2. The second-order valence-corrected chi connectivity index (χ2v) is 8.37. The van der Waals surface area contributed by atoms with Crippen molar-refractivity contribution in [1.29, 1.82) is 0 Å². The number of nitrogens with one attached hydrogen (secondary N) is 1. The fourth-order valence-electron chi connectivity index (χ4n) is 3.94. The van der Waals surface area contributed by atoms with Gasteiger partial charge in [0.2, 0.25) is 0 Å². The summed E-state index contributed by atoms with van der Waals surface area (Å²) in [6, 6.07) is 13.5. The fourth-order valence-corrected chi connectivity index (χ4v) is 3.94. The van der Waals surface area contributed by atoms with Gasteiger partial charge in [0, 0.05) is 31.9 Å². The standard InChI is InChI=1S/C25H28FN3O3/c1-17(2)18-5-9-21(10-6-18)27-23-22(19-3-7-20(26)8-4-19)24(30)29(25(23)31)12-11-28-13-15-32-16-14-28/h3-10,17,27H,11-16H2,1-2H3. The second-order valence-electron chi connectivity index (χ2n) is 8.37. The molecule has 2 amide bonds. The lowest BCUT2D eigenvalue weighted by molar-refractivity contribution is -0.137. The Morgan fingerprint density at radius 3 is 2.22 bits per heavy atom. The van der Waals surface area contributed by atoms with Gasteiger partial charge in [-0.3, -0.25) is 19.4 Å². The zero-order valence-electron chi connectivity index (χ0n) is 18.4. The van der Waals surface area contributed by atoms with Crippen molar-refractivity contribution >= 4 is 23.1 Å². The monoisotopic (exact) mass is 437 g/mol. The smallest absolute Gasteiger partial charge is 0.278 e. The third kappa shape index (κ3) is 4.74. The summed E-state index contributed by atoms with van der Waals surface area (Å²) >= 11 is 0. The molecule has 0 aliphatic carbocycles. The summed E-state index contributed by atoms with van der Waals surface area (Å²) in [5.41, 5.74) is 2.91. The highest BCUT2D eigenvalue weighted by Crippen LogP contribution is 2.31. The summed E-state index contributed by atoms with van der Waals surface area (Å²) in [6.07, 6.45) is 0. The van der Waals surface area contributed by atoms with Crippen molar-refractivity contribution in [2.24, 2.45) is 0 Å². The number of amides is 2. The third-order valence-corrected chi connectivity index (χ3v) is 5.89. The van der Waals surface area contributed by atoms with Crippen molar-refractivity contribution in [2.75, 3.05) is 44.7 Å². The predicted molar refractivity (Wildman–Crippen MR) is 121 cm³/mol. The molecule has 0 aromatic heterocycles. The molecular formula is C25H28FN3O3. The van der Waals surface area contributed by atoms with Gasteiger partial charge >= 0.3 is 0 Å². The van der Waals surface area contributed by atoms with Crippen LogP contribution in [-0.2, 0) is 14.3 Å². The van der Waals surface area contributed by atoms with Crippen LogP contribution in [0.3, 0.4) is 0 Å². The molecule has 0 saturated carbocycles. The molecule has 2 heterocycles. The zero-order chi connectivity index (χ0) is 22.7. The van der Waals surface area contributed by atoms with E-state index in [0.29, 0.717) is 37.8 Å². The van der Waals surface area contributed by atoms with Crippen molar-refractivity contribution in [2.45, 2.75) is 19.8 Å².